The Morgan fingerprint density at radius 3 is 2.75 bits per heavy atom. The Labute approximate surface area is 69.6 Å². The number of aromatic nitrogens is 2. The fourth-order valence-electron chi connectivity index (χ4n) is 0.548. The number of halogens is 1. The monoisotopic (exact) mass is 166 g/mol. The van der Waals surface area contributed by atoms with Crippen LogP contribution in [0.25, 0.3) is 0 Å². The molecule has 0 spiro atoms. The Hall–Kier alpha value is -1.63. The van der Waals surface area contributed by atoms with Crippen molar-refractivity contribution in [1.82, 2.24) is 9.97 Å². The van der Waals surface area contributed by atoms with Crippen LogP contribution < -0.4 is 4.74 Å². The van der Waals surface area contributed by atoms with Gasteiger partial charge in [0.05, 0.1) is 12.4 Å². The summed E-state index contributed by atoms with van der Waals surface area (Å²) in [7, 11) is 0. The summed E-state index contributed by atoms with van der Waals surface area (Å²) in [6.45, 7) is 1.93. The van der Waals surface area contributed by atoms with E-state index in [0.717, 1.165) is 12.4 Å². The zero-order valence-corrected chi connectivity index (χ0v) is 6.54. The summed E-state index contributed by atoms with van der Waals surface area (Å²) in [5, 5.41) is 0. The van der Waals surface area contributed by atoms with Crippen molar-refractivity contribution >= 4 is 0 Å². The van der Waals surface area contributed by atoms with Gasteiger partial charge in [-0.15, -0.1) is 5.92 Å². The Morgan fingerprint density at radius 1 is 1.50 bits per heavy atom. The lowest BCUT2D eigenvalue weighted by molar-refractivity contribution is 0.337. The molecular formula is C8H7FN2O. The summed E-state index contributed by atoms with van der Waals surface area (Å²) in [6.07, 6.45) is 2.09. The fourth-order valence-corrected chi connectivity index (χ4v) is 0.548. The molecule has 0 N–H and O–H groups in total. The van der Waals surface area contributed by atoms with Crippen LogP contribution in [0.1, 0.15) is 6.92 Å². The van der Waals surface area contributed by atoms with Crippen LogP contribution in [0.4, 0.5) is 4.39 Å². The van der Waals surface area contributed by atoms with Crippen molar-refractivity contribution in [2.75, 3.05) is 6.61 Å². The molecule has 0 aliphatic carbocycles. The number of hydrogen-bond donors (Lipinski definition) is 0. The molecule has 0 aromatic carbocycles. The molecule has 0 saturated heterocycles. The molecule has 0 radical (unpaired) electrons. The van der Waals surface area contributed by atoms with Crippen molar-refractivity contribution in [3.8, 4) is 17.9 Å². The summed E-state index contributed by atoms with van der Waals surface area (Å²) in [4.78, 5) is 7.15. The lowest BCUT2D eigenvalue weighted by atomic mass is 10.6. The summed E-state index contributed by atoms with van der Waals surface area (Å²) in [6, 6.07) is 0.138. The summed E-state index contributed by atoms with van der Waals surface area (Å²) >= 11 is 0. The van der Waals surface area contributed by atoms with Gasteiger partial charge >= 0.3 is 6.01 Å². The van der Waals surface area contributed by atoms with E-state index in [-0.39, 0.29) is 12.6 Å². The quantitative estimate of drug-likeness (QED) is 0.615. The summed E-state index contributed by atoms with van der Waals surface area (Å²) in [5.41, 5.74) is 0. The zero-order valence-electron chi connectivity index (χ0n) is 6.54. The maximum atomic E-state index is 12.3. The molecule has 1 aromatic rings. The Morgan fingerprint density at radius 2 is 2.17 bits per heavy atom. The van der Waals surface area contributed by atoms with Gasteiger partial charge in [0.1, 0.15) is 0 Å². The van der Waals surface area contributed by atoms with Gasteiger partial charge < -0.3 is 4.74 Å². The van der Waals surface area contributed by atoms with Crippen molar-refractivity contribution in [3.05, 3.63) is 18.2 Å². The van der Waals surface area contributed by atoms with Crippen molar-refractivity contribution < 1.29 is 9.13 Å². The van der Waals surface area contributed by atoms with Gasteiger partial charge in [-0.25, -0.2) is 14.4 Å². The van der Waals surface area contributed by atoms with Crippen LogP contribution in [0.5, 0.6) is 6.01 Å². The van der Waals surface area contributed by atoms with Crippen LogP contribution in [0.3, 0.4) is 0 Å². The van der Waals surface area contributed by atoms with E-state index in [1.54, 1.807) is 6.92 Å². The molecule has 4 heteroatoms. The van der Waals surface area contributed by atoms with E-state index < -0.39 is 5.82 Å². The molecule has 0 aliphatic heterocycles. The predicted molar refractivity (Wildman–Crippen MR) is 40.9 cm³/mol. The maximum absolute atomic E-state index is 12.3. The van der Waals surface area contributed by atoms with E-state index in [1.165, 1.54) is 0 Å². The SMILES string of the molecule is CC#CCOc1ncc(F)cn1. The van der Waals surface area contributed by atoms with Crippen molar-refractivity contribution in [1.29, 1.82) is 0 Å². The Kier molecular flexibility index (Phi) is 3.03. The van der Waals surface area contributed by atoms with Gasteiger partial charge in [-0.1, -0.05) is 5.92 Å². The van der Waals surface area contributed by atoms with E-state index in [4.69, 9.17) is 4.74 Å². The van der Waals surface area contributed by atoms with Gasteiger partial charge in [0.2, 0.25) is 0 Å². The maximum Gasteiger partial charge on any atom is 0.317 e. The molecule has 0 unspecified atom stereocenters. The molecule has 0 bridgehead atoms. The van der Waals surface area contributed by atoms with Crippen molar-refractivity contribution in [2.45, 2.75) is 6.92 Å². The average Bonchev–Trinajstić information content (AvgIpc) is 2.09. The lowest BCUT2D eigenvalue weighted by Gasteiger charge is -1.96. The molecule has 12 heavy (non-hydrogen) atoms. The van der Waals surface area contributed by atoms with Crippen LogP contribution in [-0.2, 0) is 0 Å². The highest BCUT2D eigenvalue weighted by Crippen LogP contribution is 1.99. The number of hydrogen-bond acceptors (Lipinski definition) is 3. The molecule has 0 fully saturated rings. The highest BCUT2D eigenvalue weighted by molar-refractivity contribution is 5.00. The van der Waals surface area contributed by atoms with E-state index in [0.29, 0.717) is 0 Å². The zero-order chi connectivity index (χ0) is 8.81. The standard InChI is InChI=1S/C8H7FN2O/c1-2-3-4-12-8-10-5-7(9)6-11-8/h5-6H,4H2,1H3. The molecule has 0 atom stereocenters. The third-order valence-corrected chi connectivity index (χ3v) is 1.05. The van der Waals surface area contributed by atoms with Crippen LogP contribution in [0, 0.1) is 17.7 Å². The first kappa shape index (κ1) is 8.47. The average molecular weight is 166 g/mol. The van der Waals surface area contributed by atoms with Gasteiger partial charge in [-0.05, 0) is 6.92 Å². The molecule has 1 heterocycles. The summed E-state index contributed by atoms with van der Waals surface area (Å²) < 4.78 is 17.2. The number of rotatable bonds is 2. The largest absolute Gasteiger partial charge is 0.450 e. The lowest BCUT2D eigenvalue weighted by Crippen LogP contribution is -1.98. The van der Waals surface area contributed by atoms with Gasteiger partial charge in [0.25, 0.3) is 0 Å². The van der Waals surface area contributed by atoms with Gasteiger partial charge in [-0.3, -0.25) is 0 Å². The minimum atomic E-state index is -0.482. The smallest absolute Gasteiger partial charge is 0.317 e. The van der Waals surface area contributed by atoms with Gasteiger partial charge in [0.15, 0.2) is 12.4 Å². The Bertz CT molecular complexity index is 299. The first-order valence-corrected chi connectivity index (χ1v) is 3.33. The highest BCUT2D eigenvalue weighted by atomic mass is 19.1. The highest BCUT2D eigenvalue weighted by Gasteiger charge is 1.94. The molecule has 1 rings (SSSR count). The molecule has 3 nitrogen and oxygen atoms in total. The molecule has 62 valence electrons. The first-order chi connectivity index (χ1) is 5.83. The third-order valence-electron chi connectivity index (χ3n) is 1.05. The topological polar surface area (TPSA) is 35.0 Å². The van der Waals surface area contributed by atoms with Crippen LogP contribution in [0.2, 0.25) is 0 Å². The minimum absolute atomic E-state index is 0.138. The second-order valence-corrected chi connectivity index (χ2v) is 1.90. The van der Waals surface area contributed by atoms with Gasteiger partial charge in [-0.2, -0.15) is 0 Å². The van der Waals surface area contributed by atoms with E-state index >= 15 is 0 Å². The normalized spacial score (nSPS) is 8.50. The second kappa shape index (κ2) is 4.29. The number of nitrogens with zero attached hydrogens (tertiary/aromatic N) is 2. The first-order valence-electron chi connectivity index (χ1n) is 3.33. The third kappa shape index (κ3) is 2.54. The van der Waals surface area contributed by atoms with E-state index in [9.17, 15) is 4.39 Å². The predicted octanol–water partition coefficient (Wildman–Crippen LogP) is 1.02. The molecule has 1 aromatic heterocycles. The molecule has 0 amide bonds. The molecule has 0 saturated carbocycles. The van der Waals surface area contributed by atoms with Gasteiger partial charge in [0, 0.05) is 0 Å². The summed E-state index contributed by atoms with van der Waals surface area (Å²) in [5.74, 6) is 4.83. The second-order valence-electron chi connectivity index (χ2n) is 1.90. The van der Waals surface area contributed by atoms with Crippen molar-refractivity contribution in [3.63, 3.8) is 0 Å². The molecule has 0 aliphatic rings. The minimum Gasteiger partial charge on any atom is -0.450 e. The fraction of sp³-hybridized carbons (Fsp3) is 0.250. The van der Waals surface area contributed by atoms with Crippen LogP contribution in [0.15, 0.2) is 12.4 Å². The van der Waals surface area contributed by atoms with Crippen LogP contribution in [-0.4, -0.2) is 16.6 Å². The Balaban J connectivity index is 2.51. The van der Waals surface area contributed by atoms with Crippen molar-refractivity contribution in [2.24, 2.45) is 0 Å². The van der Waals surface area contributed by atoms with Crippen LogP contribution >= 0.6 is 0 Å². The van der Waals surface area contributed by atoms with E-state index in [1.807, 2.05) is 0 Å². The number of ether oxygens (including phenoxy) is 1. The molecular weight excluding hydrogens is 159 g/mol. The van der Waals surface area contributed by atoms with E-state index in [2.05, 4.69) is 21.8 Å².